The number of hydrogen-bond donors (Lipinski definition) is 3. The second kappa shape index (κ2) is 5.49. The molecule has 20 heavy (non-hydrogen) atoms. The molecule has 1 amide bonds. The van der Waals surface area contributed by atoms with E-state index >= 15 is 0 Å². The highest BCUT2D eigenvalue weighted by Gasteiger charge is 2.22. The molecule has 0 saturated heterocycles. The molecule has 1 heterocycles. The van der Waals surface area contributed by atoms with Gasteiger partial charge in [0.05, 0.1) is 5.56 Å². The highest BCUT2D eigenvalue weighted by atomic mass is 16.4. The van der Waals surface area contributed by atoms with Crippen LogP contribution in [0.4, 0.5) is 0 Å². The van der Waals surface area contributed by atoms with E-state index in [1.807, 2.05) is 24.3 Å². The Labute approximate surface area is 116 Å². The molecular weight excluding hydrogens is 256 g/mol. The molecule has 0 radical (unpaired) electrons. The zero-order valence-electron chi connectivity index (χ0n) is 10.9. The van der Waals surface area contributed by atoms with Gasteiger partial charge in [-0.1, -0.05) is 18.2 Å². The van der Waals surface area contributed by atoms with Gasteiger partial charge >= 0.3 is 5.97 Å². The van der Waals surface area contributed by atoms with Crippen molar-refractivity contribution in [3.8, 4) is 12.3 Å². The Morgan fingerprint density at radius 1 is 1.45 bits per heavy atom. The van der Waals surface area contributed by atoms with E-state index < -0.39 is 17.9 Å². The van der Waals surface area contributed by atoms with Gasteiger partial charge in [0.25, 0.3) is 5.91 Å². The van der Waals surface area contributed by atoms with Crippen molar-refractivity contribution in [2.24, 2.45) is 0 Å². The lowest BCUT2D eigenvalue weighted by Gasteiger charge is -2.11. The number of benzene rings is 1. The molecule has 0 spiro atoms. The van der Waals surface area contributed by atoms with Crippen LogP contribution in [0.2, 0.25) is 0 Å². The zero-order valence-corrected chi connectivity index (χ0v) is 10.9. The van der Waals surface area contributed by atoms with Crippen molar-refractivity contribution < 1.29 is 14.7 Å². The third kappa shape index (κ3) is 2.50. The summed E-state index contributed by atoms with van der Waals surface area (Å²) in [5, 5.41) is 12.2. The lowest BCUT2D eigenvalue weighted by atomic mass is 10.1. The summed E-state index contributed by atoms with van der Waals surface area (Å²) in [6, 6.07) is 6.27. The van der Waals surface area contributed by atoms with Crippen LogP contribution >= 0.6 is 0 Å². The van der Waals surface area contributed by atoms with E-state index in [1.165, 1.54) is 0 Å². The third-order valence-corrected chi connectivity index (χ3v) is 3.05. The Balaban J connectivity index is 2.34. The van der Waals surface area contributed by atoms with E-state index in [1.54, 1.807) is 6.92 Å². The summed E-state index contributed by atoms with van der Waals surface area (Å²) < 4.78 is 0. The number of carboxylic acid groups (broad SMARTS) is 1. The van der Waals surface area contributed by atoms with Crippen LogP contribution in [0.5, 0.6) is 0 Å². The number of aliphatic carboxylic acids is 1. The topological polar surface area (TPSA) is 82.2 Å². The van der Waals surface area contributed by atoms with E-state index in [2.05, 4.69) is 16.2 Å². The van der Waals surface area contributed by atoms with Crippen LogP contribution in [0.25, 0.3) is 10.9 Å². The number of hydrogen-bond acceptors (Lipinski definition) is 2. The number of carbonyl (C=O) groups is 2. The number of para-hydroxylation sites is 1. The van der Waals surface area contributed by atoms with Crippen LogP contribution in [0.1, 0.15) is 22.5 Å². The molecule has 0 saturated carbocycles. The fraction of sp³-hybridized carbons (Fsp3) is 0.200. The average Bonchev–Trinajstić information content (AvgIpc) is 2.73. The molecule has 0 aliphatic heterocycles. The molecule has 2 aromatic rings. The third-order valence-electron chi connectivity index (χ3n) is 3.05. The Hall–Kier alpha value is -2.74. The average molecular weight is 270 g/mol. The predicted molar refractivity (Wildman–Crippen MR) is 75.4 cm³/mol. The molecule has 0 aliphatic rings. The van der Waals surface area contributed by atoms with Crippen LogP contribution in [-0.2, 0) is 4.79 Å². The van der Waals surface area contributed by atoms with Gasteiger partial charge in [0.2, 0.25) is 0 Å². The summed E-state index contributed by atoms with van der Waals surface area (Å²) in [5.41, 5.74) is 1.97. The molecule has 1 aromatic carbocycles. The second-order valence-electron chi connectivity index (χ2n) is 4.44. The molecular formula is C15H14N2O3. The number of aromatic amines is 1. The number of fused-ring (bicyclic) bond motifs is 1. The van der Waals surface area contributed by atoms with Crippen molar-refractivity contribution >= 4 is 22.8 Å². The Morgan fingerprint density at radius 3 is 2.80 bits per heavy atom. The van der Waals surface area contributed by atoms with Gasteiger partial charge in [-0.25, -0.2) is 4.79 Å². The van der Waals surface area contributed by atoms with Gasteiger partial charge < -0.3 is 15.4 Å². The summed E-state index contributed by atoms with van der Waals surface area (Å²) in [7, 11) is 0. The summed E-state index contributed by atoms with van der Waals surface area (Å²) in [5.74, 6) is 0.662. The Bertz CT molecular complexity index is 709. The van der Waals surface area contributed by atoms with Gasteiger partial charge in [-0.2, -0.15) is 0 Å². The minimum Gasteiger partial charge on any atom is -0.480 e. The number of terminal acetylenes is 1. The minimum absolute atomic E-state index is 0.0531. The molecule has 1 unspecified atom stereocenters. The summed E-state index contributed by atoms with van der Waals surface area (Å²) in [4.78, 5) is 26.4. The first kappa shape index (κ1) is 13.7. The highest BCUT2D eigenvalue weighted by Crippen LogP contribution is 2.21. The van der Waals surface area contributed by atoms with Gasteiger partial charge in [-0.15, -0.1) is 12.3 Å². The van der Waals surface area contributed by atoms with Gasteiger partial charge in [0.1, 0.15) is 6.04 Å². The van der Waals surface area contributed by atoms with Crippen molar-refractivity contribution in [3.63, 3.8) is 0 Å². The molecule has 0 fully saturated rings. The quantitative estimate of drug-likeness (QED) is 0.739. The summed E-state index contributed by atoms with van der Waals surface area (Å²) in [6.45, 7) is 1.77. The van der Waals surface area contributed by atoms with Crippen molar-refractivity contribution in [1.29, 1.82) is 0 Å². The Kier molecular flexibility index (Phi) is 3.76. The largest absolute Gasteiger partial charge is 0.480 e. The molecule has 3 N–H and O–H groups in total. The number of aromatic nitrogens is 1. The monoisotopic (exact) mass is 270 g/mol. The predicted octanol–water partition coefficient (Wildman–Crippen LogP) is 1.68. The zero-order chi connectivity index (χ0) is 14.7. The van der Waals surface area contributed by atoms with Gasteiger partial charge in [0.15, 0.2) is 0 Å². The molecule has 5 heteroatoms. The molecule has 0 bridgehead atoms. The summed E-state index contributed by atoms with van der Waals surface area (Å²) >= 11 is 0. The number of aryl methyl sites for hydroxylation is 1. The van der Waals surface area contributed by atoms with Crippen molar-refractivity contribution in [1.82, 2.24) is 10.3 Å². The SMILES string of the molecule is C#CCC(NC(=O)c1c(C)[nH]c2ccccc12)C(=O)O. The van der Waals surface area contributed by atoms with E-state index in [0.29, 0.717) is 11.3 Å². The molecule has 1 aromatic heterocycles. The first-order valence-electron chi connectivity index (χ1n) is 6.09. The van der Waals surface area contributed by atoms with E-state index in [4.69, 9.17) is 11.5 Å². The Morgan fingerprint density at radius 2 is 2.15 bits per heavy atom. The van der Waals surface area contributed by atoms with E-state index in [9.17, 15) is 9.59 Å². The lowest BCUT2D eigenvalue weighted by Crippen LogP contribution is -2.40. The minimum atomic E-state index is -1.14. The molecule has 1 atom stereocenters. The lowest BCUT2D eigenvalue weighted by molar-refractivity contribution is -0.139. The number of nitrogens with one attached hydrogen (secondary N) is 2. The number of carbonyl (C=O) groups excluding carboxylic acids is 1. The van der Waals surface area contributed by atoms with Crippen molar-refractivity contribution in [2.45, 2.75) is 19.4 Å². The van der Waals surface area contributed by atoms with Crippen molar-refractivity contribution in [2.75, 3.05) is 0 Å². The molecule has 0 aliphatic carbocycles. The molecule has 102 valence electrons. The number of carboxylic acids is 1. The molecule has 2 rings (SSSR count). The van der Waals surface area contributed by atoms with E-state index in [-0.39, 0.29) is 6.42 Å². The maximum absolute atomic E-state index is 12.3. The second-order valence-corrected chi connectivity index (χ2v) is 4.44. The van der Waals surface area contributed by atoms with Crippen LogP contribution in [0.3, 0.4) is 0 Å². The van der Waals surface area contributed by atoms with Gasteiger partial charge in [0, 0.05) is 23.0 Å². The van der Waals surface area contributed by atoms with E-state index in [0.717, 1.165) is 10.9 Å². The van der Waals surface area contributed by atoms with Crippen LogP contribution in [0.15, 0.2) is 24.3 Å². The van der Waals surface area contributed by atoms with Gasteiger partial charge in [-0.3, -0.25) is 4.79 Å². The standard InChI is InChI=1S/C15H14N2O3/c1-3-6-12(15(19)20)17-14(18)13-9(2)16-11-8-5-4-7-10(11)13/h1,4-5,7-8,12,16H,6H2,2H3,(H,17,18)(H,19,20). The van der Waals surface area contributed by atoms with Crippen LogP contribution in [-0.4, -0.2) is 28.0 Å². The normalized spacial score (nSPS) is 11.8. The van der Waals surface area contributed by atoms with Crippen LogP contribution in [0, 0.1) is 19.3 Å². The first-order valence-corrected chi connectivity index (χ1v) is 6.09. The first-order chi connectivity index (χ1) is 9.54. The van der Waals surface area contributed by atoms with Crippen LogP contribution < -0.4 is 5.32 Å². The smallest absolute Gasteiger partial charge is 0.327 e. The highest BCUT2D eigenvalue weighted by molar-refractivity contribution is 6.09. The summed E-state index contributed by atoms with van der Waals surface area (Å²) in [6.07, 6.45) is 5.06. The maximum Gasteiger partial charge on any atom is 0.327 e. The number of rotatable bonds is 4. The fourth-order valence-electron chi connectivity index (χ4n) is 2.12. The number of amides is 1. The molecule has 5 nitrogen and oxygen atoms in total. The van der Waals surface area contributed by atoms with Gasteiger partial charge in [-0.05, 0) is 13.0 Å². The maximum atomic E-state index is 12.3. The number of H-pyrrole nitrogens is 1. The van der Waals surface area contributed by atoms with Crippen molar-refractivity contribution in [3.05, 3.63) is 35.5 Å². The fourth-order valence-corrected chi connectivity index (χ4v) is 2.12.